The van der Waals surface area contributed by atoms with Crippen molar-refractivity contribution in [1.29, 1.82) is 0 Å². The number of hydrogen-bond acceptors (Lipinski definition) is 14. The highest BCUT2D eigenvalue weighted by Crippen LogP contribution is 2.37. The van der Waals surface area contributed by atoms with Crippen LogP contribution >= 0.6 is 35.4 Å². The number of carbonyl (C=O) groups is 2. The minimum Gasteiger partial charge on any atom is -0.466 e. The number of halogens is 3. The number of thiocarbonyl (C=S) groups is 1. The Hall–Kier alpha value is -2.26. The SMILES string of the molecule is C=CC.CC.CC.CCOC(=O)CCN(CCCN(C[C@H](C)C[C@H](OF)[C@H](OC1CC(C)CC(C)O1)[C@@H](C)[C@H](O[C@H]1CC(C)[C@@H](O)C(C)O1)C(C)C(=O)O[C@H](CC)C(C)(C)O)C(C)C)C(=S)Nc1ccc(Cl)cc1Cl.CO. The van der Waals surface area contributed by atoms with Gasteiger partial charge >= 0.3 is 11.9 Å². The number of allylic oxidation sites excluding steroid dienone is 1. The molecule has 3 rings (SSSR count). The molecule has 0 aliphatic carbocycles. The Morgan fingerprint density at radius 3 is 2.04 bits per heavy atom. The lowest BCUT2D eigenvalue weighted by molar-refractivity contribution is -0.301. The summed E-state index contributed by atoms with van der Waals surface area (Å²) in [5.41, 5.74) is -0.709. The van der Waals surface area contributed by atoms with Crippen molar-refractivity contribution in [3.05, 3.63) is 40.9 Å². The van der Waals surface area contributed by atoms with Gasteiger partial charge in [-0.1, -0.05) is 91.6 Å². The van der Waals surface area contributed by atoms with E-state index in [0.29, 0.717) is 72.7 Å². The summed E-state index contributed by atoms with van der Waals surface area (Å²) >= 11 is 18.4. The highest BCUT2D eigenvalue weighted by molar-refractivity contribution is 7.80. The molecule has 6 unspecified atom stereocenters. The lowest BCUT2D eigenvalue weighted by Crippen LogP contribution is -2.52. The van der Waals surface area contributed by atoms with Crippen molar-refractivity contribution in [2.75, 3.05) is 45.2 Å². The van der Waals surface area contributed by atoms with E-state index in [-0.39, 0.29) is 55.3 Å². The van der Waals surface area contributed by atoms with E-state index < -0.39 is 72.6 Å². The van der Waals surface area contributed by atoms with Crippen molar-refractivity contribution in [2.24, 2.45) is 29.6 Å². The summed E-state index contributed by atoms with van der Waals surface area (Å²) in [6.45, 7) is 40.1. The molecule has 0 aromatic heterocycles. The first-order valence-corrected chi connectivity index (χ1v) is 29.4. The first-order valence-electron chi connectivity index (χ1n) is 28.2. The van der Waals surface area contributed by atoms with Crippen molar-refractivity contribution in [3.8, 4) is 0 Å². The van der Waals surface area contributed by atoms with E-state index >= 15 is 4.53 Å². The molecule has 0 saturated carbocycles. The highest BCUT2D eigenvalue weighted by Gasteiger charge is 2.46. The van der Waals surface area contributed by atoms with Gasteiger partial charge in [0, 0.05) is 63.1 Å². The predicted molar refractivity (Wildman–Crippen MR) is 315 cm³/mol. The molecule has 0 amide bonds. The van der Waals surface area contributed by atoms with Crippen molar-refractivity contribution < 1.29 is 62.8 Å². The Labute approximate surface area is 480 Å². The van der Waals surface area contributed by atoms with E-state index in [1.165, 1.54) is 0 Å². The van der Waals surface area contributed by atoms with Crippen LogP contribution in [0.4, 0.5) is 10.2 Å². The van der Waals surface area contributed by atoms with E-state index in [4.69, 9.17) is 73.9 Å². The van der Waals surface area contributed by atoms with Gasteiger partial charge in [-0.05, 0) is 141 Å². The summed E-state index contributed by atoms with van der Waals surface area (Å²) in [5.74, 6) is -2.51. The second-order valence-corrected chi connectivity index (χ2v) is 21.9. The predicted octanol–water partition coefficient (Wildman–Crippen LogP) is 12.6. The van der Waals surface area contributed by atoms with Crippen LogP contribution in [0, 0.1) is 29.6 Å². The molecule has 0 spiro atoms. The molecule has 15 nitrogen and oxygen atoms in total. The quantitative estimate of drug-likeness (QED) is 0.0371. The second-order valence-electron chi connectivity index (χ2n) is 20.7. The van der Waals surface area contributed by atoms with E-state index in [9.17, 15) is 19.8 Å². The van der Waals surface area contributed by atoms with Crippen molar-refractivity contribution in [1.82, 2.24) is 9.80 Å². The monoisotopic (exact) mass is 1160 g/mol. The zero-order valence-electron chi connectivity index (χ0n) is 50.6. The fourth-order valence-electron chi connectivity index (χ4n) is 9.39. The lowest BCUT2D eigenvalue weighted by atomic mass is 9.84. The molecule has 1 aromatic rings. The van der Waals surface area contributed by atoms with Gasteiger partial charge in [0.15, 0.2) is 17.7 Å². The topological polar surface area (TPSA) is 178 Å². The standard InChI is InChI=1S/C50H84Cl2FN3O11S.C3H6.2C2H6.CH4O/c1-14-41(50(12,13)60)64-48(59)35(10)46(65-44-26-32(7)45(58)36(11)63-44)34(9)47(66-43-25-30(5)23-33(8)62-43)40(67-53)24-31(6)28-56(29(3)4)21-16-20-55(22-19-42(57)61-15-2)49(68)54-39-18-17-37(51)27-38(39)52;1-3-2;3*1-2/h17-18,27,29-36,40-41,43-47,58,60H,14-16,19-26,28H2,1-13H3,(H,54,68);3H,1H2,2H3;2*1-2H3;2H,1H3/t30?,31-,32?,33?,34+,35?,36?,40+,41-,43?,44+,45-,46+,47-;;;;/m1..../s1. The molecule has 19 heteroatoms. The Bertz CT molecular complexity index is 1730. The number of esters is 2. The number of benzene rings is 1. The fourth-order valence-corrected chi connectivity index (χ4v) is 10.1. The molecule has 452 valence electrons. The molecule has 4 N–H and O–H groups in total. The zero-order chi connectivity index (χ0) is 59.7. The highest BCUT2D eigenvalue weighted by atomic mass is 35.5. The number of anilines is 1. The van der Waals surface area contributed by atoms with Crippen molar-refractivity contribution in [3.63, 3.8) is 0 Å². The van der Waals surface area contributed by atoms with Crippen LogP contribution in [0.25, 0.3) is 0 Å². The van der Waals surface area contributed by atoms with E-state index in [2.05, 4.69) is 37.6 Å². The summed E-state index contributed by atoms with van der Waals surface area (Å²) in [7, 11) is 1.00. The van der Waals surface area contributed by atoms with Gasteiger partial charge in [-0.2, -0.15) is 4.94 Å². The maximum atomic E-state index is 15.4. The maximum Gasteiger partial charge on any atom is 0.311 e. The lowest BCUT2D eigenvalue weighted by Gasteiger charge is -2.43. The van der Waals surface area contributed by atoms with Crippen LogP contribution in [0.15, 0.2) is 30.9 Å². The number of nitrogens with zero attached hydrogens (tertiary/aromatic N) is 2. The largest absolute Gasteiger partial charge is 0.466 e. The van der Waals surface area contributed by atoms with Crippen molar-refractivity contribution in [2.45, 2.75) is 237 Å². The molecule has 2 aliphatic rings. The molecular weight excluding hydrogens is 1050 g/mol. The fraction of sp³-hybridized carbons (Fsp3) is 0.810. The van der Waals surface area contributed by atoms with Crippen LogP contribution in [0.1, 0.15) is 170 Å². The molecule has 0 bridgehead atoms. The maximum absolute atomic E-state index is 15.4. The number of nitrogens with one attached hydrogen (secondary N) is 1. The molecule has 14 atom stereocenters. The molecule has 2 fully saturated rings. The number of aliphatic hydroxyl groups excluding tert-OH is 2. The molecule has 77 heavy (non-hydrogen) atoms. The molecular formula is C58H106Cl2FN3O12S. The van der Waals surface area contributed by atoms with Crippen molar-refractivity contribution >= 4 is 58.2 Å². The van der Waals surface area contributed by atoms with Gasteiger partial charge < -0.3 is 58.9 Å². The third kappa shape index (κ3) is 28.8. The van der Waals surface area contributed by atoms with E-state index in [0.717, 1.165) is 13.5 Å². The number of rotatable bonds is 27. The summed E-state index contributed by atoms with van der Waals surface area (Å²) in [5, 5.41) is 33.1. The summed E-state index contributed by atoms with van der Waals surface area (Å²) in [6.07, 6.45) is -1.60. The minimum atomic E-state index is -1.30. The molecule has 2 heterocycles. The number of ether oxygens (including phenoxy) is 6. The third-order valence-electron chi connectivity index (χ3n) is 13.3. The number of carbonyl (C=O) groups excluding carboxylic acids is 2. The Morgan fingerprint density at radius 1 is 0.948 bits per heavy atom. The van der Waals surface area contributed by atoms with Gasteiger partial charge in [0.05, 0.1) is 65.8 Å². The Morgan fingerprint density at radius 2 is 1.53 bits per heavy atom. The zero-order valence-corrected chi connectivity index (χ0v) is 52.9. The summed E-state index contributed by atoms with van der Waals surface area (Å²) in [4.78, 5) is 35.6. The van der Waals surface area contributed by atoms with Crippen LogP contribution in [0.5, 0.6) is 0 Å². The van der Waals surface area contributed by atoms with Crippen LogP contribution < -0.4 is 5.32 Å². The van der Waals surface area contributed by atoms with Crippen LogP contribution in [0.2, 0.25) is 10.0 Å². The number of aliphatic hydroxyl groups is 3. The second kappa shape index (κ2) is 41.7. The Balaban J connectivity index is 0. The van der Waals surface area contributed by atoms with Gasteiger partial charge in [-0.3, -0.25) is 9.59 Å². The Kier molecular flexibility index (Phi) is 41.6. The average Bonchev–Trinajstić information content (AvgIpc) is 3.37. The third-order valence-corrected chi connectivity index (χ3v) is 14.2. The van der Waals surface area contributed by atoms with Gasteiger partial charge in [-0.25, -0.2) is 0 Å². The van der Waals surface area contributed by atoms with Gasteiger partial charge in [0.2, 0.25) is 0 Å². The first kappa shape index (κ1) is 76.8. The number of hydrogen-bond donors (Lipinski definition) is 4. The smallest absolute Gasteiger partial charge is 0.311 e. The molecule has 2 aliphatic heterocycles. The normalized spacial score (nSPS) is 22.9. The first-order chi connectivity index (χ1) is 36.3. The van der Waals surface area contributed by atoms with Crippen LogP contribution in [-0.2, 0) is 43.0 Å². The van der Waals surface area contributed by atoms with Crippen LogP contribution in [0.3, 0.4) is 0 Å². The average molecular weight is 1160 g/mol. The van der Waals surface area contributed by atoms with Gasteiger partial charge in [0.1, 0.15) is 12.2 Å². The summed E-state index contributed by atoms with van der Waals surface area (Å²) in [6, 6.07) is 5.21. The summed E-state index contributed by atoms with van der Waals surface area (Å²) < 4.78 is 52.6. The molecule has 0 radical (unpaired) electrons. The van der Waals surface area contributed by atoms with Gasteiger partial charge in [0.25, 0.3) is 0 Å². The molecule has 1 aromatic carbocycles. The molecule has 2 saturated heterocycles. The van der Waals surface area contributed by atoms with Gasteiger partial charge in [-0.15, -0.1) is 6.58 Å². The van der Waals surface area contributed by atoms with E-state index in [1.807, 2.05) is 74.1 Å². The van der Waals surface area contributed by atoms with E-state index in [1.54, 1.807) is 58.9 Å². The minimum absolute atomic E-state index is 0.0942. The van der Waals surface area contributed by atoms with Crippen LogP contribution in [-0.4, -0.2) is 149 Å².